The summed E-state index contributed by atoms with van der Waals surface area (Å²) >= 11 is 0. The second-order valence-corrected chi connectivity index (χ2v) is 4.31. The van der Waals surface area contributed by atoms with E-state index in [0.29, 0.717) is 19.6 Å². The average molecular weight is 263 g/mol. The van der Waals surface area contributed by atoms with Crippen LogP contribution in [0.2, 0.25) is 0 Å². The van der Waals surface area contributed by atoms with Gasteiger partial charge in [-0.1, -0.05) is 19.1 Å². The van der Waals surface area contributed by atoms with Crippen LogP contribution in [-0.2, 0) is 11.2 Å². The Kier molecular flexibility index (Phi) is 4.46. The molecule has 1 aromatic rings. The lowest BCUT2D eigenvalue weighted by Gasteiger charge is -2.23. The summed E-state index contributed by atoms with van der Waals surface area (Å²) in [6.07, 6.45) is 2.31. The Balaban J connectivity index is 2.13. The molecule has 0 amide bonds. The molecule has 0 unspecified atom stereocenters. The zero-order valence-electron chi connectivity index (χ0n) is 10.9. The highest BCUT2D eigenvalue weighted by atomic mass is 16.6. The highest BCUT2D eigenvalue weighted by molar-refractivity contribution is 5.80. The zero-order chi connectivity index (χ0) is 13.7. The van der Waals surface area contributed by atoms with E-state index in [1.807, 2.05) is 18.0 Å². The Morgan fingerprint density at radius 1 is 1.47 bits per heavy atom. The molecule has 6 heteroatoms. The molecule has 102 valence electrons. The van der Waals surface area contributed by atoms with Crippen molar-refractivity contribution < 1.29 is 9.66 Å². The third kappa shape index (κ3) is 3.51. The van der Waals surface area contributed by atoms with Gasteiger partial charge in [-0.25, -0.2) is 0 Å². The summed E-state index contributed by atoms with van der Waals surface area (Å²) in [7, 11) is 0. The van der Waals surface area contributed by atoms with Gasteiger partial charge in [-0.2, -0.15) is 5.10 Å². The third-order valence-electron chi connectivity index (χ3n) is 3.04. The van der Waals surface area contributed by atoms with Crippen molar-refractivity contribution in [2.45, 2.75) is 13.3 Å². The molecule has 1 aliphatic rings. The number of nitro benzene ring substituents is 1. The topological polar surface area (TPSA) is 68.0 Å². The Morgan fingerprint density at radius 2 is 2.21 bits per heavy atom. The Hall–Kier alpha value is -1.95. The number of hydrazone groups is 1. The minimum atomic E-state index is -0.342. The molecule has 19 heavy (non-hydrogen) atoms. The minimum absolute atomic E-state index is 0.161. The van der Waals surface area contributed by atoms with Crippen molar-refractivity contribution in [3.05, 3.63) is 39.4 Å². The number of benzene rings is 1. The van der Waals surface area contributed by atoms with Crippen LogP contribution in [0.3, 0.4) is 0 Å². The standard InChI is InChI=1S/C13H17N3O3/c1-2-12-4-3-11(9-13(12)16(17)18)10-14-15-5-7-19-8-6-15/h3-4,9-10H,2,5-8H2,1H3/b14-10-. The summed E-state index contributed by atoms with van der Waals surface area (Å²) in [5.74, 6) is 0. The molecule has 1 heterocycles. The van der Waals surface area contributed by atoms with E-state index in [1.165, 1.54) is 0 Å². The smallest absolute Gasteiger partial charge is 0.273 e. The van der Waals surface area contributed by atoms with Crippen LogP contribution in [0.5, 0.6) is 0 Å². The molecule has 1 aromatic carbocycles. The molecule has 6 nitrogen and oxygen atoms in total. The van der Waals surface area contributed by atoms with Gasteiger partial charge in [-0.05, 0) is 6.42 Å². The lowest BCUT2D eigenvalue weighted by atomic mass is 10.1. The second-order valence-electron chi connectivity index (χ2n) is 4.31. The van der Waals surface area contributed by atoms with Crippen molar-refractivity contribution in [1.82, 2.24) is 5.01 Å². The van der Waals surface area contributed by atoms with Crippen LogP contribution < -0.4 is 0 Å². The van der Waals surface area contributed by atoms with Crippen LogP contribution in [-0.4, -0.2) is 42.5 Å². The Morgan fingerprint density at radius 3 is 2.84 bits per heavy atom. The number of hydrogen-bond donors (Lipinski definition) is 0. The van der Waals surface area contributed by atoms with Crippen LogP contribution in [0.15, 0.2) is 23.3 Å². The van der Waals surface area contributed by atoms with Crippen molar-refractivity contribution in [3.8, 4) is 0 Å². The molecule has 0 bridgehead atoms. The second kappa shape index (κ2) is 6.29. The molecule has 0 aliphatic carbocycles. The highest BCUT2D eigenvalue weighted by Crippen LogP contribution is 2.20. The molecule has 1 aliphatic heterocycles. The van der Waals surface area contributed by atoms with E-state index in [2.05, 4.69) is 5.10 Å². The molecule has 2 rings (SSSR count). The van der Waals surface area contributed by atoms with Gasteiger partial charge in [0.15, 0.2) is 0 Å². The van der Waals surface area contributed by atoms with Gasteiger partial charge in [-0.3, -0.25) is 15.1 Å². The maximum absolute atomic E-state index is 11.0. The fourth-order valence-corrected chi connectivity index (χ4v) is 1.95. The normalized spacial score (nSPS) is 15.9. The van der Waals surface area contributed by atoms with Gasteiger partial charge >= 0.3 is 0 Å². The highest BCUT2D eigenvalue weighted by Gasteiger charge is 2.12. The Bertz CT molecular complexity index is 482. The number of ether oxygens (including phenoxy) is 1. The number of hydrogen-bond acceptors (Lipinski definition) is 5. The van der Waals surface area contributed by atoms with Crippen molar-refractivity contribution in [3.63, 3.8) is 0 Å². The molecular formula is C13H17N3O3. The van der Waals surface area contributed by atoms with Gasteiger partial charge < -0.3 is 4.74 Å². The quantitative estimate of drug-likeness (QED) is 0.472. The summed E-state index contributed by atoms with van der Waals surface area (Å²) in [5, 5.41) is 17.2. The lowest BCUT2D eigenvalue weighted by molar-refractivity contribution is -0.385. The number of rotatable bonds is 4. The number of nitro groups is 1. The maximum atomic E-state index is 11.0. The number of morpholine rings is 1. The monoisotopic (exact) mass is 263 g/mol. The van der Waals surface area contributed by atoms with Crippen molar-refractivity contribution in [1.29, 1.82) is 0 Å². The first kappa shape index (κ1) is 13.5. The predicted molar refractivity (Wildman–Crippen MR) is 72.5 cm³/mol. The van der Waals surface area contributed by atoms with Crippen LogP contribution >= 0.6 is 0 Å². The molecular weight excluding hydrogens is 246 g/mol. The molecule has 0 spiro atoms. The lowest BCUT2D eigenvalue weighted by Crippen LogP contribution is -2.32. The van der Waals surface area contributed by atoms with E-state index in [-0.39, 0.29) is 10.6 Å². The zero-order valence-corrected chi connectivity index (χ0v) is 10.9. The van der Waals surface area contributed by atoms with E-state index in [9.17, 15) is 10.1 Å². The van der Waals surface area contributed by atoms with Crippen LogP contribution in [0.1, 0.15) is 18.1 Å². The van der Waals surface area contributed by atoms with Gasteiger partial charge in [0.1, 0.15) is 0 Å². The first-order chi connectivity index (χ1) is 9.20. The van der Waals surface area contributed by atoms with E-state index in [1.54, 1.807) is 18.3 Å². The van der Waals surface area contributed by atoms with Gasteiger partial charge in [0.25, 0.3) is 5.69 Å². The molecule has 0 N–H and O–H groups in total. The summed E-state index contributed by atoms with van der Waals surface area (Å²) in [6.45, 7) is 4.76. The van der Waals surface area contributed by atoms with E-state index >= 15 is 0 Å². The molecule has 0 saturated carbocycles. The molecule has 1 fully saturated rings. The summed E-state index contributed by atoms with van der Waals surface area (Å²) in [4.78, 5) is 10.6. The Labute approximate surface area is 111 Å². The van der Waals surface area contributed by atoms with Gasteiger partial charge in [0.2, 0.25) is 0 Å². The molecule has 0 atom stereocenters. The summed E-state index contributed by atoms with van der Waals surface area (Å²) in [6, 6.07) is 5.22. The van der Waals surface area contributed by atoms with Crippen LogP contribution in [0.25, 0.3) is 0 Å². The molecule has 0 aromatic heterocycles. The van der Waals surface area contributed by atoms with E-state index in [4.69, 9.17) is 4.74 Å². The molecule has 0 radical (unpaired) electrons. The van der Waals surface area contributed by atoms with Crippen molar-refractivity contribution in [2.75, 3.05) is 26.3 Å². The summed E-state index contributed by atoms with van der Waals surface area (Å²) in [5.41, 5.74) is 1.65. The minimum Gasteiger partial charge on any atom is -0.378 e. The third-order valence-corrected chi connectivity index (χ3v) is 3.04. The van der Waals surface area contributed by atoms with Gasteiger partial charge in [-0.15, -0.1) is 0 Å². The fraction of sp³-hybridized carbons (Fsp3) is 0.462. The van der Waals surface area contributed by atoms with E-state index < -0.39 is 0 Å². The van der Waals surface area contributed by atoms with Crippen LogP contribution in [0, 0.1) is 10.1 Å². The molecule has 1 saturated heterocycles. The largest absolute Gasteiger partial charge is 0.378 e. The first-order valence-electron chi connectivity index (χ1n) is 6.34. The van der Waals surface area contributed by atoms with Crippen molar-refractivity contribution in [2.24, 2.45) is 5.10 Å². The van der Waals surface area contributed by atoms with E-state index in [0.717, 1.165) is 24.2 Å². The van der Waals surface area contributed by atoms with Gasteiger partial charge in [0.05, 0.1) is 37.4 Å². The maximum Gasteiger partial charge on any atom is 0.273 e. The van der Waals surface area contributed by atoms with Crippen LogP contribution in [0.4, 0.5) is 5.69 Å². The average Bonchev–Trinajstić information content (AvgIpc) is 2.46. The first-order valence-corrected chi connectivity index (χ1v) is 6.34. The summed E-state index contributed by atoms with van der Waals surface area (Å²) < 4.78 is 5.23. The van der Waals surface area contributed by atoms with Crippen molar-refractivity contribution >= 4 is 11.9 Å². The number of aryl methyl sites for hydroxylation is 1. The predicted octanol–water partition coefficient (Wildman–Crippen LogP) is 1.82. The van der Waals surface area contributed by atoms with Gasteiger partial charge in [0, 0.05) is 17.2 Å². The SMILES string of the molecule is CCc1ccc(/C=N\N2CCOCC2)cc1[N+](=O)[O-]. The number of nitrogens with zero attached hydrogens (tertiary/aromatic N) is 3. The fourth-order valence-electron chi connectivity index (χ4n) is 1.95.